The second kappa shape index (κ2) is 8.11. The van der Waals surface area contributed by atoms with Gasteiger partial charge in [-0.05, 0) is 42.7 Å². The van der Waals surface area contributed by atoms with E-state index in [9.17, 15) is 4.79 Å². The zero-order chi connectivity index (χ0) is 16.8. The highest BCUT2D eigenvalue weighted by Crippen LogP contribution is 2.27. The molecule has 1 aliphatic rings. The summed E-state index contributed by atoms with van der Waals surface area (Å²) in [5.74, 6) is 0.197. The van der Waals surface area contributed by atoms with Crippen molar-refractivity contribution in [3.05, 3.63) is 70.7 Å². The highest BCUT2D eigenvalue weighted by molar-refractivity contribution is 6.30. The fraction of sp³-hybridized carbons (Fsp3) is 0.300. The second-order valence-corrected chi connectivity index (χ2v) is 6.58. The first kappa shape index (κ1) is 16.7. The van der Waals surface area contributed by atoms with Crippen LogP contribution in [0.15, 0.2) is 59.7 Å². The maximum Gasteiger partial charge on any atom is 0.271 e. The van der Waals surface area contributed by atoms with Gasteiger partial charge in [-0.25, -0.2) is 5.43 Å². The number of nitrogens with one attached hydrogen (secondary N) is 1. The molecule has 1 N–H and O–H groups in total. The van der Waals surface area contributed by atoms with E-state index in [0.29, 0.717) is 16.5 Å². The molecule has 0 aliphatic heterocycles. The van der Waals surface area contributed by atoms with Crippen LogP contribution < -0.4 is 5.43 Å². The van der Waals surface area contributed by atoms with Crippen LogP contribution in [0.5, 0.6) is 0 Å². The van der Waals surface area contributed by atoms with Crippen LogP contribution in [0.25, 0.3) is 0 Å². The van der Waals surface area contributed by atoms with E-state index in [1.807, 2.05) is 18.2 Å². The van der Waals surface area contributed by atoms with Gasteiger partial charge in [-0.3, -0.25) is 4.79 Å². The largest absolute Gasteiger partial charge is 0.271 e. The third-order valence-corrected chi connectivity index (χ3v) is 4.70. The Morgan fingerprint density at radius 2 is 1.58 bits per heavy atom. The number of carbonyl (C=O) groups excluding carboxylic acids is 1. The molecule has 1 amide bonds. The van der Waals surface area contributed by atoms with Gasteiger partial charge in [0.2, 0.25) is 0 Å². The summed E-state index contributed by atoms with van der Waals surface area (Å²) in [6.45, 7) is 0. The number of carbonyl (C=O) groups is 1. The summed E-state index contributed by atoms with van der Waals surface area (Å²) in [6, 6.07) is 17.0. The molecule has 2 aromatic rings. The number of hydrogen-bond acceptors (Lipinski definition) is 2. The SMILES string of the molecule is O=C(NN=C(c1ccccc1)C1CCCCC1)c1ccc(Cl)cc1. The highest BCUT2D eigenvalue weighted by atomic mass is 35.5. The van der Waals surface area contributed by atoms with Gasteiger partial charge >= 0.3 is 0 Å². The molecule has 1 aliphatic carbocycles. The van der Waals surface area contributed by atoms with Gasteiger partial charge in [-0.15, -0.1) is 0 Å². The lowest BCUT2D eigenvalue weighted by atomic mass is 9.83. The van der Waals surface area contributed by atoms with Crippen LogP contribution in [0.2, 0.25) is 5.02 Å². The number of benzene rings is 2. The normalized spacial score (nSPS) is 16.0. The molecule has 3 nitrogen and oxygen atoms in total. The van der Waals surface area contributed by atoms with E-state index in [1.165, 1.54) is 19.3 Å². The summed E-state index contributed by atoms with van der Waals surface area (Å²) < 4.78 is 0. The van der Waals surface area contributed by atoms with Gasteiger partial charge in [-0.2, -0.15) is 5.10 Å². The van der Waals surface area contributed by atoms with Gasteiger partial charge in [0.15, 0.2) is 0 Å². The minimum Gasteiger partial charge on any atom is -0.267 e. The maximum absolute atomic E-state index is 12.3. The molecule has 24 heavy (non-hydrogen) atoms. The van der Waals surface area contributed by atoms with Crippen molar-refractivity contribution in [2.24, 2.45) is 11.0 Å². The average Bonchev–Trinajstić information content (AvgIpc) is 2.64. The van der Waals surface area contributed by atoms with Gasteiger partial charge in [0.1, 0.15) is 0 Å². The Bertz CT molecular complexity index is 704. The second-order valence-electron chi connectivity index (χ2n) is 6.15. The van der Waals surface area contributed by atoms with Crippen molar-refractivity contribution in [1.29, 1.82) is 0 Å². The molecule has 2 aromatic carbocycles. The summed E-state index contributed by atoms with van der Waals surface area (Å²) in [7, 11) is 0. The zero-order valence-electron chi connectivity index (χ0n) is 13.5. The Hall–Kier alpha value is -2.13. The van der Waals surface area contributed by atoms with E-state index in [0.717, 1.165) is 24.1 Å². The van der Waals surface area contributed by atoms with Crippen LogP contribution >= 0.6 is 11.6 Å². The molecule has 1 fully saturated rings. The van der Waals surface area contributed by atoms with Gasteiger partial charge in [0, 0.05) is 16.5 Å². The molecular weight excluding hydrogens is 320 g/mol. The zero-order valence-corrected chi connectivity index (χ0v) is 14.3. The van der Waals surface area contributed by atoms with Crippen molar-refractivity contribution in [3.8, 4) is 0 Å². The first-order valence-electron chi connectivity index (χ1n) is 8.43. The summed E-state index contributed by atoms with van der Waals surface area (Å²) in [6.07, 6.45) is 5.99. The Morgan fingerprint density at radius 3 is 2.25 bits per heavy atom. The molecule has 0 spiro atoms. The van der Waals surface area contributed by atoms with Crippen LogP contribution in [0.1, 0.15) is 48.0 Å². The fourth-order valence-electron chi connectivity index (χ4n) is 3.15. The van der Waals surface area contributed by atoms with Gasteiger partial charge in [0.05, 0.1) is 5.71 Å². The predicted octanol–water partition coefficient (Wildman–Crippen LogP) is 5.05. The van der Waals surface area contributed by atoms with Gasteiger partial charge in [0.25, 0.3) is 5.91 Å². The van der Waals surface area contributed by atoms with Crippen molar-refractivity contribution in [3.63, 3.8) is 0 Å². The minimum atomic E-state index is -0.212. The molecule has 0 radical (unpaired) electrons. The average molecular weight is 341 g/mol. The molecule has 0 heterocycles. The van der Waals surface area contributed by atoms with Crippen LogP contribution in [0.3, 0.4) is 0 Å². The summed E-state index contributed by atoms with van der Waals surface area (Å²) in [5.41, 5.74) is 5.34. The molecule has 0 saturated heterocycles. The third kappa shape index (κ3) is 4.24. The molecular formula is C20H21ClN2O. The Balaban J connectivity index is 1.80. The van der Waals surface area contributed by atoms with Crippen molar-refractivity contribution in [1.82, 2.24) is 5.43 Å². The van der Waals surface area contributed by atoms with E-state index in [4.69, 9.17) is 11.6 Å². The molecule has 0 atom stereocenters. The van der Waals surface area contributed by atoms with Crippen LogP contribution in [0, 0.1) is 5.92 Å². The van der Waals surface area contributed by atoms with E-state index in [-0.39, 0.29) is 5.91 Å². The van der Waals surface area contributed by atoms with Crippen molar-refractivity contribution in [2.75, 3.05) is 0 Å². The van der Waals surface area contributed by atoms with Gasteiger partial charge in [-0.1, -0.05) is 61.2 Å². The molecule has 0 bridgehead atoms. The highest BCUT2D eigenvalue weighted by Gasteiger charge is 2.21. The molecule has 1 saturated carbocycles. The first-order chi connectivity index (χ1) is 11.7. The Labute approximate surface area is 147 Å². The van der Waals surface area contributed by atoms with Crippen LogP contribution in [-0.4, -0.2) is 11.6 Å². The summed E-state index contributed by atoms with van der Waals surface area (Å²) in [5, 5.41) is 5.11. The van der Waals surface area contributed by atoms with Gasteiger partial charge < -0.3 is 0 Å². The van der Waals surface area contributed by atoms with E-state index >= 15 is 0 Å². The number of halogens is 1. The number of hydrogen-bond donors (Lipinski definition) is 1. The number of rotatable bonds is 4. The quantitative estimate of drug-likeness (QED) is 0.613. The Morgan fingerprint density at radius 1 is 0.917 bits per heavy atom. The molecule has 124 valence electrons. The topological polar surface area (TPSA) is 41.5 Å². The fourth-order valence-corrected chi connectivity index (χ4v) is 3.28. The van der Waals surface area contributed by atoms with Crippen LogP contribution in [0.4, 0.5) is 0 Å². The predicted molar refractivity (Wildman–Crippen MR) is 98.5 cm³/mol. The van der Waals surface area contributed by atoms with E-state index in [1.54, 1.807) is 24.3 Å². The Kier molecular flexibility index (Phi) is 5.65. The van der Waals surface area contributed by atoms with Crippen LogP contribution in [-0.2, 0) is 0 Å². The summed E-state index contributed by atoms with van der Waals surface area (Å²) in [4.78, 5) is 12.3. The number of hydrazone groups is 1. The van der Waals surface area contributed by atoms with E-state index < -0.39 is 0 Å². The summed E-state index contributed by atoms with van der Waals surface area (Å²) >= 11 is 5.87. The smallest absolute Gasteiger partial charge is 0.267 e. The number of amides is 1. The number of nitrogens with zero attached hydrogens (tertiary/aromatic N) is 1. The van der Waals surface area contributed by atoms with Crippen molar-refractivity contribution < 1.29 is 4.79 Å². The maximum atomic E-state index is 12.3. The first-order valence-corrected chi connectivity index (χ1v) is 8.81. The monoisotopic (exact) mass is 340 g/mol. The lowest BCUT2D eigenvalue weighted by Crippen LogP contribution is -2.25. The van der Waals surface area contributed by atoms with Crippen molar-refractivity contribution in [2.45, 2.75) is 32.1 Å². The molecule has 4 heteroatoms. The lowest BCUT2D eigenvalue weighted by Gasteiger charge is -2.23. The molecule has 0 aromatic heterocycles. The standard InChI is InChI=1S/C20H21ClN2O/c21-18-13-11-17(12-14-18)20(24)23-22-19(15-7-3-1-4-8-15)16-9-5-2-6-10-16/h1,3-4,7-8,11-14,16H,2,5-6,9-10H2,(H,23,24). The van der Waals surface area contributed by atoms with E-state index in [2.05, 4.69) is 22.7 Å². The molecule has 3 rings (SSSR count). The van der Waals surface area contributed by atoms with Crippen molar-refractivity contribution >= 4 is 23.2 Å². The third-order valence-electron chi connectivity index (χ3n) is 4.45. The minimum absolute atomic E-state index is 0.212. The molecule has 0 unspecified atom stereocenters. The lowest BCUT2D eigenvalue weighted by molar-refractivity contribution is 0.0954.